The highest BCUT2D eigenvalue weighted by atomic mass is 16.7. The van der Waals surface area contributed by atoms with Crippen LogP contribution in [0, 0.1) is 5.92 Å². The molecule has 0 saturated carbocycles. The molecule has 0 aromatic rings. The molecule has 2 heteroatoms. The zero-order chi connectivity index (χ0) is 12.2. The monoisotopic (exact) mass is 228 g/mol. The van der Waals surface area contributed by atoms with Crippen LogP contribution in [0.1, 0.15) is 66.7 Å². The smallest absolute Gasteiger partial charge is 0.161 e. The van der Waals surface area contributed by atoms with E-state index in [9.17, 15) is 0 Å². The lowest BCUT2D eigenvalue weighted by Crippen LogP contribution is -2.46. The second kappa shape index (κ2) is 6.02. The van der Waals surface area contributed by atoms with Gasteiger partial charge in [-0.15, -0.1) is 0 Å². The molecule has 0 spiro atoms. The summed E-state index contributed by atoms with van der Waals surface area (Å²) in [6, 6.07) is 0. The number of hydrogen-bond donors (Lipinski definition) is 0. The highest BCUT2D eigenvalue weighted by molar-refractivity contribution is 4.79. The first kappa shape index (κ1) is 14.0. The van der Waals surface area contributed by atoms with E-state index in [1.54, 1.807) is 0 Å². The van der Waals surface area contributed by atoms with Gasteiger partial charge < -0.3 is 9.47 Å². The van der Waals surface area contributed by atoms with E-state index >= 15 is 0 Å². The molecule has 0 N–H and O–H groups in total. The van der Waals surface area contributed by atoms with Gasteiger partial charge in [0, 0.05) is 12.3 Å². The molecule has 1 rings (SSSR count). The maximum atomic E-state index is 6.07. The molecule has 2 nitrogen and oxygen atoms in total. The number of rotatable bonds is 5. The second-order valence-corrected chi connectivity index (χ2v) is 5.71. The van der Waals surface area contributed by atoms with E-state index in [4.69, 9.17) is 9.47 Å². The van der Waals surface area contributed by atoms with Crippen LogP contribution in [0.2, 0.25) is 0 Å². The molecular weight excluding hydrogens is 200 g/mol. The molecule has 3 atom stereocenters. The van der Waals surface area contributed by atoms with Gasteiger partial charge in [0.25, 0.3) is 0 Å². The summed E-state index contributed by atoms with van der Waals surface area (Å²) >= 11 is 0. The Morgan fingerprint density at radius 3 is 2.50 bits per heavy atom. The van der Waals surface area contributed by atoms with Gasteiger partial charge in [0.15, 0.2) is 6.29 Å². The maximum Gasteiger partial charge on any atom is 0.161 e. The van der Waals surface area contributed by atoms with E-state index in [2.05, 4.69) is 34.6 Å². The van der Waals surface area contributed by atoms with Crippen LogP contribution in [0.25, 0.3) is 0 Å². The van der Waals surface area contributed by atoms with Crippen molar-refractivity contribution in [2.75, 3.05) is 0 Å². The van der Waals surface area contributed by atoms with Crippen molar-refractivity contribution in [3.8, 4) is 0 Å². The van der Waals surface area contributed by atoms with Gasteiger partial charge in [0.05, 0.1) is 11.7 Å². The molecule has 1 aliphatic heterocycles. The average Bonchev–Trinajstić information content (AvgIpc) is 2.15. The van der Waals surface area contributed by atoms with Crippen molar-refractivity contribution >= 4 is 0 Å². The molecule has 0 unspecified atom stereocenters. The topological polar surface area (TPSA) is 18.5 Å². The van der Waals surface area contributed by atoms with Crippen LogP contribution < -0.4 is 0 Å². The highest BCUT2D eigenvalue weighted by Crippen LogP contribution is 2.33. The molecule has 1 saturated heterocycles. The first-order valence-corrected chi connectivity index (χ1v) is 6.81. The Bertz CT molecular complexity index is 201. The molecule has 0 amide bonds. The standard InChI is InChI=1S/C14H28O2/c1-6-8-9-12(7-2)13-15-11(3)10-14(4,5)16-13/h11-13H,6-10H2,1-5H3/t11-,12-,13+/m0/s1. The fourth-order valence-corrected chi connectivity index (χ4v) is 2.57. The molecule has 1 aliphatic rings. The van der Waals surface area contributed by atoms with Crippen molar-refractivity contribution in [1.29, 1.82) is 0 Å². The van der Waals surface area contributed by atoms with Crippen LogP contribution in [0.4, 0.5) is 0 Å². The van der Waals surface area contributed by atoms with E-state index in [-0.39, 0.29) is 11.9 Å². The van der Waals surface area contributed by atoms with Crippen LogP contribution in [0.5, 0.6) is 0 Å². The van der Waals surface area contributed by atoms with Crippen LogP contribution in [0.15, 0.2) is 0 Å². The van der Waals surface area contributed by atoms with Gasteiger partial charge in [-0.25, -0.2) is 0 Å². The van der Waals surface area contributed by atoms with Gasteiger partial charge in [-0.2, -0.15) is 0 Å². The lowest BCUT2D eigenvalue weighted by molar-refractivity contribution is -0.288. The summed E-state index contributed by atoms with van der Waals surface area (Å²) in [5.41, 5.74) is -0.0258. The van der Waals surface area contributed by atoms with Crippen molar-refractivity contribution in [2.45, 2.75) is 84.7 Å². The predicted octanol–water partition coefficient (Wildman–Crippen LogP) is 4.13. The van der Waals surface area contributed by atoms with E-state index in [0.29, 0.717) is 12.0 Å². The van der Waals surface area contributed by atoms with Crippen molar-refractivity contribution < 1.29 is 9.47 Å². The van der Waals surface area contributed by atoms with Crippen LogP contribution in [-0.4, -0.2) is 18.0 Å². The third kappa shape index (κ3) is 4.06. The molecule has 1 fully saturated rings. The van der Waals surface area contributed by atoms with Gasteiger partial charge in [-0.05, 0) is 33.6 Å². The Kier molecular flexibility index (Phi) is 5.26. The van der Waals surface area contributed by atoms with Gasteiger partial charge in [-0.1, -0.05) is 26.7 Å². The van der Waals surface area contributed by atoms with Crippen molar-refractivity contribution in [2.24, 2.45) is 5.92 Å². The Morgan fingerprint density at radius 2 is 2.00 bits per heavy atom. The van der Waals surface area contributed by atoms with E-state index in [1.165, 1.54) is 19.3 Å². The Morgan fingerprint density at radius 1 is 1.31 bits per heavy atom. The van der Waals surface area contributed by atoms with Crippen molar-refractivity contribution in [1.82, 2.24) is 0 Å². The third-order valence-electron chi connectivity index (χ3n) is 3.42. The van der Waals surface area contributed by atoms with Gasteiger partial charge in [-0.3, -0.25) is 0 Å². The van der Waals surface area contributed by atoms with Gasteiger partial charge in [0.1, 0.15) is 0 Å². The summed E-state index contributed by atoms with van der Waals surface area (Å²) in [6.07, 6.45) is 6.22. The Balaban J connectivity index is 2.55. The minimum Gasteiger partial charge on any atom is -0.349 e. The van der Waals surface area contributed by atoms with Crippen molar-refractivity contribution in [3.05, 3.63) is 0 Å². The maximum absolute atomic E-state index is 6.07. The second-order valence-electron chi connectivity index (χ2n) is 5.71. The largest absolute Gasteiger partial charge is 0.349 e. The van der Waals surface area contributed by atoms with Crippen LogP contribution in [-0.2, 0) is 9.47 Å². The predicted molar refractivity (Wildman–Crippen MR) is 67.4 cm³/mol. The molecule has 0 aromatic heterocycles. The molecule has 96 valence electrons. The summed E-state index contributed by atoms with van der Waals surface area (Å²) in [6.45, 7) is 11.0. The summed E-state index contributed by atoms with van der Waals surface area (Å²) in [5.74, 6) is 0.557. The molecule has 16 heavy (non-hydrogen) atoms. The highest BCUT2D eigenvalue weighted by Gasteiger charge is 2.36. The molecule has 0 bridgehead atoms. The molecule has 1 heterocycles. The third-order valence-corrected chi connectivity index (χ3v) is 3.42. The summed E-state index contributed by atoms with van der Waals surface area (Å²) < 4.78 is 12.0. The quantitative estimate of drug-likeness (QED) is 0.704. The lowest BCUT2D eigenvalue weighted by Gasteiger charge is -2.42. The minimum absolute atomic E-state index is 0.00954. The van der Waals surface area contributed by atoms with E-state index in [0.717, 1.165) is 12.8 Å². The first-order valence-electron chi connectivity index (χ1n) is 6.81. The first-order chi connectivity index (χ1) is 7.48. The molecule has 0 radical (unpaired) electrons. The molecular formula is C14H28O2. The number of unbranched alkanes of at least 4 members (excludes halogenated alkanes) is 1. The van der Waals surface area contributed by atoms with Crippen molar-refractivity contribution in [3.63, 3.8) is 0 Å². The summed E-state index contributed by atoms with van der Waals surface area (Å²) in [7, 11) is 0. The number of ether oxygens (including phenoxy) is 2. The van der Waals surface area contributed by atoms with Gasteiger partial charge in [0.2, 0.25) is 0 Å². The Hall–Kier alpha value is -0.0800. The number of hydrogen-bond acceptors (Lipinski definition) is 2. The lowest BCUT2D eigenvalue weighted by atomic mass is 9.94. The van der Waals surface area contributed by atoms with E-state index in [1.807, 2.05) is 0 Å². The SMILES string of the molecule is CCCC[C@H](CC)[C@@H]1O[C@@H](C)CC(C)(C)O1. The van der Waals surface area contributed by atoms with Gasteiger partial charge >= 0.3 is 0 Å². The normalized spacial score (nSPS) is 31.3. The minimum atomic E-state index is -0.0258. The van der Waals surface area contributed by atoms with Crippen LogP contribution in [0.3, 0.4) is 0 Å². The zero-order valence-electron chi connectivity index (χ0n) is 11.6. The molecule has 0 aliphatic carbocycles. The van der Waals surface area contributed by atoms with Crippen LogP contribution >= 0.6 is 0 Å². The zero-order valence-corrected chi connectivity index (χ0v) is 11.6. The average molecular weight is 228 g/mol. The summed E-state index contributed by atoms with van der Waals surface area (Å²) in [4.78, 5) is 0. The Labute approximate surface area is 101 Å². The molecule has 0 aromatic carbocycles. The van der Waals surface area contributed by atoms with E-state index < -0.39 is 0 Å². The fraction of sp³-hybridized carbons (Fsp3) is 1.00. The fourth-order valence-electron chi connectivity index (χ4n) is 2.57. The summed E-state index contributed by atoms with van der Waals surface area (Å²) in [5, 5.41) is 0.